The van der Waals surface area contributed by atoms with Gasteiger partial charge in [0.1, 0.15) is 0 Å². The van der Waals surface area contributed by atoms with Crippen molar-refractivity contribution in [2.75, 3.05) is 0 Å². The van der Waals surface area contributed by atoms with Crippen molar-refractivity contribution in [3.8, 4) is 0 Å². The van der Waals surface area contributed by atoms with E-state index in [2.05, 4.69) is 55.4 Å². The Morgan fingerprint density at radius 2 is 0.867 bits per heavy atom. The van der Waals surface area contributed by atoms with Crippen molar-refractivity contribution in [2.45, 2.75) is 89.5 Å². The fourth-order valence-electron chi connectivity index (χ4n) is 0.354. The lowest BCUT2D eigenvalue weighted by Crippen LogP contribution is -1.73. The maximum atomic E-state index is 2.18. The highest BCUT2D eigenvalue weighted by atomic mass is 13.9. The van der Waals surface area contributed by atoms with E-state index in [0.29, 0.717) is 0 Å². The van der Waals surface area contributed by atoms with Gasteiger partial charge in [-0.15, -0.1) is 0 Å². The second-order valence-electron chi connectivity index (χ2n) is 3.55. The molecular weight excluding hydrogens is 180 g/mol. The Bertz CT molecular complexity index is 92.6. The summed E-state index contributed by atoms with van der Waals surface area (Å²) in [5.41, 5.74) is 2.97. The van der Waals surface area contributed by atoms with Crippen LogP contribution in [0.25, 0.3) is 0 Å². The first-order valence-corrected chi connectivity index (χ1v) is 5.64. The third-order valence-electron chi connectivity index (χ3n) is 1.38. The average Bonchev–Trinajstić information content (AvgIpc) is 2.05. The lowest BCUT2D eigenvalue weighted by Gasteiger charge is -1.94. The highest BCUT2D eigenvalue weighted by molar-refractivity contribution is 5.05. The van der Waals surface area contributed by atoms with Crippen LogP contribution < -0.4 is 0 Å². The lowest BCUT2D eigenvalue weighted by atomic mass is 10.1. The quantitative estimate of drug-likeness (QED) is 0.422. The molecule has 0 saturated heterocycles. The van der Waals surface area contributed by atoms with Crippen molar-refractivity contribution in [2.24, 2.45) is 0 Å². The molecule has 0 nitrogen and oxygen atoms in total. The second kappa shape index (κ2) is 29.2. The predicted octanol–water partition coefficient (Wildman–Crippen LogP) is 6.86. The van der Waals surface area contributed by atoms with E-state index in [1.807, 2.05) is 0 Å². The molecule has 0 aliphatic heterocycles. The van der Waals surface area contributed by atoms with Gasteiger partial charge < -0.3 is 0 Å². The second-order valence-corrected chi connectivity index (χ2v) is 3.55. The smallest absolute Gasteiger partial charge is 0.0349 e. The van der Waals surface area contributed by atoms with E-state index >= 15 is 0 Å². The molecule has 0 spiro atoms. The number of hydrogen-bond donors (Lipinski definition) is 0. The van der Waals surface area contributed by atoms with Crippen molar-refractivity contribution < 1.29 is 0 Å². The topological polar surface area (TPSA) is 0 Å². The van der Waals surface area contributed by atoms with E-state index in [1.54, 1.807) is 0 Å². The van der Waals surface area contributed by atoms with Crippen molar-refractivity contribution in [1.29, 1.82) is 0 Å². The van der Waals surface area contributed by atoms with Crippen LogP contribution in [0.4, 0.5) is 0 Å². The van der Waals surface area contributed by atoms with E-state index in [0.717, 1.165) is 0 Å². The Morgan fingerprint density at radius 1 is 0.667 bits per heavy atom. The molecule has 0 fully saturated rings. The molecule has 0 aromatic rings. The Labute approximate surface area is 101 Å². The largest absolute Gasteiger partial charge is 0.0776 e. The minimum atomic E-state index is 0. The molecule has 0 aliphatic carbocycles. The lowest BCUT2D eigenvalue weighted by molar-refractivity contribution is 1.05. The standard InChI is InChI=1S/C7H14.2C3H8.2CH4/c1-5-7(4)6(2)3;2*1-3-2;;/h5H2,1-4H3;2*3H2,1-2H3;2*1H4. The van der Waals surface area contributed by atoms with Crippen LogP contribution in [0.5, 0.6) is 0 Å². The highest BCUT2D eigenvalue weighted by Gasteiger charge is 1.82. The van der Waals surface area contributed by atoms with Gasteiger partial charge in [-0.25, -0.2) is 0 Å². The normalized spacial score (nSPS) is 6.40. The van der Waals surface area contributed by atoms with E-state index in [1.165, 1.54) is 30.4 Å². The van der Waals surface area contributed by atoms with E-state index < -0.39 is 0 Å². The zero-order valence-electron chi connectivity index (χ0n) is 11.1. The zero-order valence-corrected chi connectivity index (χ0v) is 11.1. The maximum Gasteiger partial charge on any atom is -0.0349 e. The van der Waals surface area contributed by atoms with Gasteiger partial charge in [-0.3, -0.25) is 0 Å². The molecule has 15 heavy (non-hydrogen) atoms. The summed E-state index contributed by atoms with van der Waals surface area (Å²) in [5, 5.41) is 0. The summed E-state index contributed by atoms with van der Waals surface area (Å²) >= 11 is 0. The molecule has 0 aromatic carbocycles. The Kier molecular flexibility index (Phi) is 57.1. The highest BCUT2D eigenvalue weighted by Crippen LogP contribution is 2.04. The summed E-state index contributed by atoms with van der Waals surface area (Å²) < 4.78 is 0. The van der Waals surface area contributed by atoms with Crippen molar-refractivity contribution in [1.82, 2.24) is 0 Å². The molecule has 0 heterocycles. The van der Waals surface area contributed by atoms with Gasteiger partial charge in [0, 0.05) is 0 Å². The first-order chi connectivity index (χ1) is 6.01. The fraction of sp³-hybridized carbons (Fsp3) is 0.867. The van der Waals surface area contributed by atoms with Gasteiger partial charge in [0.25, 0.3) is 0 Å². The molecule has 0 unspecified atom stereocenters. The van der Waals surface area contributed by atoms with Gasteiger partial charge in [-0.05, 0) is 27.2 Å². The molecule has 0 aromatic heterocycles. The van der Waals surface area contributed by atoms with Gasteiger partial charge in [0.15, 0.2) is 0 Å². The number of allylic oxidation sites excluding steroid dienone is 2. The Morgan fingerprint density at radius 3 is 0.867 bits per heavy atom. The summed E-state index contributed by atoms with van der Waals surface area (Å²) in [6.07, 6.45) is 3.70. The number of hydrogen-bond acceptors (Lipinski definition) is 0. The minimum Gasteiger partial charge on any atom is -0.0776 e. The summed E-state index contributed by atoms with van der Waals surface area (Å²) in [6.45, 7) is 17.2. The molecular formula is C15H38. The Hall–Kier alpha value is -0.260. The molecule has 0 atom stereocenters. The average molecular weight is 218 g/mol. The van der Waals surface area contributed by atoms with E-state index in [-0.39, 0.29) is 14.9 Å². The zero-order chi connectivity index (χ0) is 11.3. The summed E-state index contributed by atoms with van der Waals surface area (Å²) in [4.78, 5) is 0. The molecule has 98 valence electrons. The maximum absolute atomic E-state index is 2.18. The van der Waals surface area contributed by atoms with Crippen LogP contribution in [0.3, 0.4) is 0 Å². The predicted molar refractivity (Wildman–Crippen MR) is 79.7 cm³/mol. The van der Waals surface area contributed by atoms with E-state index in [4.69, 9.17) is 0 Å². The van der Waals surface area contributed by atoms with Crippen LogP contribution in [0.2, 0.25) is 0 Å². The molecule has 0 radical (unpaired) electrons. The summed E-state index contributed by atoms with van der Waals surface area (Å²) in [7, 11) is 0. The monoisotopic (exact) mass is 218 g/mol. The molecule has 0 bridgehead atoms. The van der Waals surface area contributed by atoms with Gasteiger partial charge in [0.2, 0.25) is 0 Å². The molecule has 0 aliphatic rings. The van der Waals surface area contributed by atoms with Crippen LogP contribution >= 0.6 is 0 Å². The van der Waals surface area contributed by atoms with Crippen molar-refractivity contribution in [3.05, 3.63) is 11.1 Å². The van der Waals surface area contributed by atoms with Crippen LogP contribution in [0, 0.1) is 0 Å². The van der Waals surface area contributed by atoms with Gasteiger partial charge >= 0.3 is 0 Å². The van der Waals surface area contributed by atoms with Gasteiger partial charge in [0.05, 0.1) is 0 Å². The molecule has 0 amide bonds. The number of rotatable bonds is 1. The minimum absolute atomic E-state index is 0. The third kappa shape index (κ3) is 57.5. The van der Waals surface area contributed by atoms with Crippen LogP contribution in [-0.4, -0.2) is 0 Å². The van der Waals surface area contributed by atoms with E-state index in [9.17, 15) is 0 Å². The van der Waals surface area contributed by atoms with Crippen LogP contribution in [-0.2, 0) is 0 Å². The fourth-order valence-corrected chi connectivity index (χ4v) is 0.354. The van der Waals surface area contributed by atoms with Gasteiger partial charge in [-0.2, -0.15) is 0 Å². The van der Waals surface area contributed by atoms with Crippen LogP contribution in [0.1, 0.15) is 89.5 Å². The first-order valence-electron chi connectivity index (χ1n) is 5.64. The summed E-state index contributed by atoms with van der Waals surface area (Å²) in [6, 6.07) is 0. The Balaban J connectivity index is -0.0000000361. The van der Waals surface area contributed by atoms with Crippen molar-refractivity contribution >= 4 is 0 Å². The molecule has 0 saturated carbocycles. The van der Waals surface area contributed by atoms with Gasteiger partial charge in [-0.1, -0.05) is 73.5 Å². The summed E-state index contributed by atoms with van der Waals surface area (Å²) in [5.74, 6) is 0. The third-order valence-corrected chi connectivity index (χ3v) is 1.38. The van der Waals surface area contributed by atoms with Crippen molar-refractivity contribution in [3.63, 3.8) is 0 Å². The molecule has 0 N–H and O–H groups in total. The molecule has 0 rings (SSSR count). The van der Waals surface area contributed by atoms with Crippen LogP contribution in [0.15, 0.2) is 11.1 Å². The molecule has 0 heteroatoms. The first kappa shape index (κ1) is 29.3. The SMILES string of the molecule is C.C.CCC.CCC.CCC(C)=C(C)C.